The summed E-state index contributed by atoms with van der Waals surface area (Å²) in [4.78, 5) is 8.29. The highest BCUT2D eigenvalue weighted by Crippen LogP contribution is 2.38. The first kappa shape index (κ1) is 14.5. The molecule has 2 nitrogen and oxygen atoms in total. The van der Waals surface area contributed by atoms with Crippen LogP contribution >= 0.6 is 0 Å². The second-order valence-corrected chi connectivity index (χ2v) is 5.72. The van der Waals surface area contributed by atoms with Crippen LogP contribution in [0.3, 0.4) is 0 Å². The number of pyridine rings is 2. The Bertz CT molecular complexity index is 740. The number of nitrogens with zero attached hydrogens (tertiary/aromatic N) is 2. The smallest absolute Gasteiger partial charge is 0.0273 e. The molecule has 0 atom stereocenters. The topological polar surface area (TPSA) is 25.8 Å². The van der Waals surface area contributed by atoms with Crippen molar-refractivity contribution in [2.75, 3.05) is 0 Å². The zero-order valence-corrected chi connectivity index (χ0v) is 13.5. The molecule has 2 heterocycles. The average molecular weight is 288 g/mol. The molecule has 3 aromatic rings. The van der Waals surface area contributed by atoms with Crippen molar-refractivity contribution in [3.05, 3.63) is 71.3 Å². The molecule has 0 amide bonds. The average Bonchev–Trinajstić information content (AvgIpc) is 2.55. The normalized spacial score (nSPS) is 10.7. The van der Waals surface area contributed by atoms with Gasteiger partial charge < -0.3 is 0 Å². The quantitative estimate of drug-likeness (QED) is 0.660. The van der Waals surface area contributed by atoms with Gasteiger partial charge in [-0.25, -0.2) is 0 Å². The maximum Gasteiger partial charge on any atom is 0.0273 e. The fourth-order valence-electron chi connectivity index (χ4n) is 3.25. The van der Waals surface area contributed by atoms with Gasteiger partial charge in [-0.15, -0.1) is 0 Å². The van der Waals surface area contributed by atoms with Crippen molar-refractivity contribution in [3.63, 3.8) is 0 Å². The maximum absolute atomic E-state index is 4.14. The summed E-state index contributed by atoms with van der Waals surface area (Å²) < 4.78 is 0. The Kier molecular flexibility index (Phi) is 3.76. The van der Waals surface area contributed by atoms with Gasteiger partial charge in [-0.3, -0.25) is 9.97 Å². The summed E-state index contributed by atoms with van der Waals surface area (Å²) in [5.74, 6) is 0. The molecule has 0 aliphatic rings. The van der Waals surface area contributed by atoms with Gasteiger partial charge in [0.1, 0.15) is 0 Å². The number of aromatic nitrogens is 2. The van der Waals surface area contributed by atoms with E-state index in [9.17, 15) is 0 Å². The third-order valence-electron chi connectivity index (χ3n) is 4.56. The summed E-state index contributed by atoms with van der Waals surface area (Å²) in [5.41, 5.74) is 10.4. The van der Waals surface area contributed by atoms with Gasteiger partial charge in [-0.1, -0.05) is 0 Å². The largest absolute Gasteiger partial charge is 0.265 e. The summed E-state index contributed by atoms with van der Waals surface area (Å²) in [5, 5.41) is 0. The van der Waals surface area contributed by atoms with E-state index in [4.69, 9.17) is 0 Å². The van der Waals surface area contributed by atoms with E-state index in [-0.39, 0.29) is 0 Å². The molecule has 2 heteroatoms. The molecule has 3 rings (SSSR count). The third kappa shape index (κ3) is 2.31. The molecular weight excluding hydrogens is 268 g/mol. The van der Waals surface area contributed by atoms with Gasteiger partial charge in [0.05, 0.1) is 0 Å². The highest BCUT2D eigenvalue weighted by molar-refractivity contribution is 5.83. The summed E-state index contributed by atoms with van der Waals surface area (Å²) in [6.45, 7) is 8.84. The van der Waals surface area contributed by atoms with Gasteiger partial charge in [-0.2, -0.15) is 0 Å². The Morgan fingerprint density at radius 2 is 0.864 bits per heavy atom. The lowest BCUT2D eigenvalue weighted by Crippen LogP contribution is -2.00. The molecule has 0 aliphatic carbocycles. The van der Waals surface area contributed by atoms with Crippen LogP contribution in [0.4, 0.5) is 0 Å². The number of hydrogen-bond acceptors (Lipinski definition) is 2. The minimum atomic E-state index is 1.23. The molecule has 0 N–H and O–H groups in total. The fourth-order valence-corrected chi connectivity index (χ4v) is 3.25. The van der Waals surface area contributed by atoms with Crippen molar-refractivity contribution in [1.82, 2.24) is 9.97 Å². The van der Waals surface area contributed by atoms with E-state index < -0.39 is 0 Å². The zero-order valence-electron chi connectivity index (χ0n) is 13.5. The number of benzene rings is 1. The van der Waals surface area contributed by atoms with Crippen LogP contribution in [0, 0.1) is 27.7 Å². The van der Waals surface area contributed by atoms with Gasteiger partial charge in [-0.05, 0) is 96.5 Å². The molecule has 0 radical (unpaired) electrons. The molecule has 0 spiro atoms. The Labute approximate surface area is 131 Å². The predicted octanol–water partition coefficient (Wildman–Crippen LogP) is 5.04. The second kappa shape index (κ2) is 5.72. The first-order valence-electron chi connectivity index (χ1n) is 7.52. The lowest BCUT2D eigenvalue weighted by atomic mass is 9.84. The first-order chi connectivity index (χ1) is 10.6. The van der Waals surface area contributed by atoms with E-state index >= 15 is 0 Å². The molecule has 110 valence electrons. The van der Waals surface area contributed by atoms with E-state index in [1.165, 1.54) is 44.5 Å². The van der Waals surface area contributed by atoms with Gasteiger partial charge in [0.15, 0.2) is 0 Å². The van der Waals surface area contributed by atoms with E-state index in [2.05, 4.69) is 61.9 Å². The summed E-state index contributed by atoms with van der Waals surface area (Å²) in [6.07, 6.45) is 7.43. The molecule has 0 saturated carbocycles. The Balaban J connectivity index is 2.36. The van der Waals surface area contributed by atoms with Crippen LogP contribution in [0.25, 0.3) is 22.3 Å². The van der Waals surface area contributed by atoms with Crippen LogP contribution < -0.4 is 0 Å². The molecular formula is C20H20N2. The highest BCUT2D eigenvalue weighted by atomic mass is 14.6. The van der Waals surface area contributed by atoms with E-state index in [1.807, 2.05) is 24.8 Å². The van der Waals surface area contributed by atoms with E-state index in [0.717, 1.165) is 0 Å². The molecule has 22 heavy (non-hydrogen) atoms. The van der Waals surface area contributed by atoms with Crippen molar-refractivity contribution >= 4 is 0 Å². The van der Waals surface area contributed by atoms with Crippen molar-refractivity contribution in [2.45, 2.75) is 27.7 Å². The minimum Gasteiger partial charge on any atom is -0.265 e. The second-order valence-electron chi connectivity index (χ2n) is 5.72. The van der Waals surface area contributed by atoms with Crippen molar-refractivity contribution in [1.29, 1.82) is 0 Å². The van der Waals surface area contributed by atoms with E-state index in [0.29, 0.717) is 0 Å². The van der Waals surface area contributed by atoms with Crippen molar-refractivity contribution < 1.29 is 0 Å². The van der Waals surface area contributed by atoms with Gasteiger partial charge in [0.2, 0.25) is 0 Å². The lowest BCUT2D eigenvalue weighted by molar-refractivity contribution is 1.23. The van der Waals surface area contributed by atoms with Gasteiger partial charge in [0.25, 0.3) is 0 Å². The first-order valence-corrected chi connectivity index (χ1v) is 7.52. The van der Waals surface area contributed by atoms with Crippen molar-refractivity contribution in [3.8, 4) is 22.3 Å². The summed E-state index contributed by atoms with van der Waals surface area (Å²) in [7, 11) is 0. The van der Waals surface area contributed by atoms with Gasteiger partial charge in [0, 0.05) is 24.8 Å². The maximum atomic E-state index is 4.14. The monoisotopic (exact) mass is 288 g/mol. The van der Waals surface area contributed by atoms with Gasteiger partial charge >= 0.3 is 0 Å². The summed E-state index contributed by atoms with van der Waals surface area (Å²) >= 11 is 0. The van der Waals surface area contributed by atoms with Crippen molar-refractivity contribution in [2.24, 2.45) is 0 Å². The van der Waals surface area contributed by atoms with Crippen LogP contribution in [-0.4, -0.2) is 9.97 Å². The lowest BCUT2D eigenvalue weighted by Gasteiger charge is -2.21. The van der Waals surface area contributed by atoms with E-state index in [1.54, 1.807) is 0 Å². The SMILES string of the molecule is Cc1c(C)c(-c2ccncc2)c(C)c(-c2ccncc2)c1C. The molecule has 0 unspecified atom stereocenters. The molecule has 0 fully saturated rings. The molecule has 0 bridgehead atoms. The van der Waals surface area contributed by atoms with Crippen LogP contribution in [0.5, 0.6) is 0 Å². The predicted molar refractivity (Wildman–Crippen MR) is 91.9 cm³/mol. The molecule has 1 aromatic carbocycles. The fraction of sp³-hybridized carbons (Fsp3) is 0.200. The zero-order chi connectivity index (χ0) is 15.7. The minimum absolute atomic E-state index is 1.23. The Morgan fingerprint density at radius 3 is 1.23 bits per heavy atom. The van der Waals surface area contributed by atoms with Crippen LogP contribution in [-0.2, 0) is 0 Å². The Hall–Kier alpha value is -2.48. The molecule has 2 aromatic heterocycles. The number of hydrogen-bond donors (Lipinski definition) is 0. The van der Waals surface area contributed by atoms with Crippen LogP contribution in [0.1, 0.15) is 22.3 Å². The van der Waals surface area contributed by atoms with Crippen LogP contribution in [0.15, 0.2) is 49.1 Å². The molecule has 0 saturated heterocycles. The standard InChI is InChI=1S/C20H20N2/c1-13-14(2)19(17-5-9-21-10-6-17)16(4)20(15(13)3)18-7-11-22-12-8-18/h5-12H,1-4H3. The third-order valence-corrected chi connectivity index (χ3v) is 4.56. The highest BCUT2D eigenvalue weighted by Gasteiger charge is 2.17. The Morgan fingerprint density at radius 1 is 0.500 bits per heavy atom. The molecule has 0 aliphatic heterocycles. The number of rotatable bonds is 2. The summed E-state index contributed by atoms with van der Waals surface area (Å²) in [6, 6.07) is 8.34. The van der Waals surface area contributed by atoms with Crippen LogP contribution in [0.2, 0.25) is 0 Å².